The number of benzene rings is 1. The van der Waals surface area contributed by atoms with Crippen LogP contribution in [0.3, 0.4) is 0 Å². The number of carbonyl (C=O) groups is 1. The number of anilines is 1. The SMILES string of the molecule is O=C1c2cnc3cccc(n23)CN1c1ccccc1. The molecule has 0 saturated heterocycles. The van der Waals surface area contributed by atoms with Gasteiger partial charge in [0.15, 0.2) is 0 Å². The second-order valence-corrected chi connectivity index (χ2v) is 4.58. The summed E-state index contributed by atoms with van der Waals surface area (Å²) in [5.41, 5.74) is 3.44. The molecule has 0 radical (unpaired) electrons. The van der Waals surface area contributed by atoms with E-state index in [2.05, 4.69) is 4.98 Å². The van der Waals surface area contributed by atoms with Gasteiger partial charge in [0.05, 0.1) is 12.7 Å². The Morgan fingerprint density at radius 1 is 1.00 bits per heavy atom. The summed E-state index contributed by atoms with van der Waals surface area (Å²) in [4.78, 5) is 18.6. The molecule has 4 rings (SSSR count). The van der Waals surface area contributed by atoms with Gasteiger partial charge in [-0.3, -0.25) is 9.20 Å². The summed E-state index contributed by atoms with van der Waals surface area (Å²) in [6, 6.07) is 15.6. The van der Waals surface area contributed by atoms with Crippen molar-refractivity contribution in [3.8, 4) is 0 Å². The summed E-state index contributed by atoms with van der Waals surface area (Å²) in [7, 11) is 0. The summed E-state index contributed by atoms with van der Waals surface area (Å²) >= 11 is 0. The van der Waals surface area contributed by atoms with Crippen LogP contribution >= 0.6 is 0 Å². The minimum atomic E-state index is -0.00241. The first-order chi connectivity index (χ1) is 9.34. The number of imidazole rings is 1. The second kappa shape index (κ2) is 3.68. The molecule has 3 aromatic rings. The zero-order valence-electron chi connectivity index (χ0n) is 10.2. The highest BCUT2D eigenvalue weighted by atomic mass is 16.2. The Morgan fingerprint density at radius 2 is 1.84 bits per heavy atom. The van der Waals surface area contributed by atoms with Crippen molar-refractivity contribution in [2.24, 2.45) is 0 Å². The standard InChI is InChI=1S/C15H11N3O/c19-15-13-9-16-14-8-4-7-12(18(13)14)10-17(15)11-5-2-1-3-6-11/h1-9H,10H2. The van der Waals surface area contributed by atoms with Crippen molar-refractivity contribution in [2.75, 3.05) is 4.90 Å². The van der Waals surface area contributed by atoms with E-state index in [-0.39, 0.29) is 5.91 Å². The van der Waals surface area contributed by atoms with Crippen LogP contribution in [0.2, 0.25) is 0 Å². The Kier molecular flexibility index (Phi) is 2.00. The van der Waals surface area contributed by atoms with E-state index in [0.717, 1.165) is 17.0 Å². The largest absolute Gasteiger partial charge is 0.301 e. The molecule has 0 saturated carbocycles. The van der Waals surface area contributed by atoms with Gasteiger partial charge in [-0.05, 0) is 24.3 Å². The van der Waals surface area contributed by atoms with Crippen LogP contribution in [0.1, 0.15) is 16.2 Å². The van der Waals surface area contributed by atoms with Crippen LogP contribution in [-0.2, 0) is 6.54 Å². The molecule has 4 heteroatoms. The number of pyridine rings is 1. The zero-order chi connectivity index (χ0) is 12.8. The summed E-state index contributed by atoms with van der Waals surface area (Å²) < 4.78 is 1.93. The molecule has 19 heavy (non-hydrogen) atoms. The van der Waals surface area contributed by atoms with Crippen LogP contribution < -0.4 is 4.90 Å². The Morgan fingerprint density at radius 3 is 2.68 bits per heavy atom. The van der Waals surface area contributed by atoms with E-state index >= 15 is 0 Å². The molecule has 1 aliphatic rings. The first-order valence-corrected chi connectivity index (χ1v) is 6.17. The molecular weight excluding hydrogens is 238 g/mol. The average Bonchev–Trinajstić information content (AvgIpc) is 2.89. The lowest BCUT2D eigenvalue weighted by Crippen LogP contribution is -2.36. The lowest BCUT2D eigenvalue weighted by atomic mass is 10.2. The summed E-state index contributed by atoms with van der Waals surface area (Å²) in [5, 5.41) is 0. The molecule has 0 bridgehead atoms. The van der Waals surface area contributed by atoms with Gasteiger partial charge in [-0.1, -0.05) is 24.3 Å². The minimum Gasteiger partial charge on any atom is -0.301 e. The van der Waals surface area contributed by atoms with Crippen molar-refractivity contribution in [3.63, 3.8) is 0 Å². The lowest BCUT2D eigenvalue weighted by molar-refractivity contribution is 0.0972. The predicted molar refractivity (Wildman–Crippen MR) is 72.1 cm³/mol. The number of para-hydroxylation sites is 1. The van der Waals surface area contributed by atoms with Gasteiger partial charge in [0.2, 0.25) is 0 Å². The maximum absolute atomic E-state index is 12.5. The monoisotopic (exact) mass is 249 g/mol. The quantitative estimate of drug-likeness (QED) is 0.664. The van der Waals surface area contributed by atoms with E-state index in [1.54, 1.807) is 11.1 Å². The van der Waals surface area contributed by atoms with Gasteiger partial charge in [0, 0.05) is 11.4 Å². The van der Waals surface area contributed by atoms with Crippen molar-refractivity contribution in [1.29, 1.82) is 0 Å². The molecule has 0 fully saturated rings. The Balaban J connectivity index is 1.91. The van der Waals surface area contributed by atoms with Crippen molar-refractivity contribution in [2.45, 2.75) is 6.54 Å². The van der Waals surface area contributed by atoms with Crippen LogP contribution in [0.4, 0.5) is 5.69 Å². The highest BCUT2D eigenvalue weighted by molar-refractivity contribution is 6.06. The smallest absolute Gasteiger partial charge is 0.277 e. The number of nitrogens with zero attached hydrogens (tertiary/aromatic N) is 3. The fourth-order valence-corrected chi connectivity index (χ4v) is 2.57. The van der Waals surface area contributed by atoms with Gasteiger partial charge in [-0.2, -0.15) is 0 Å². The van der Waals surface area contributed by atoms with Crippen LogP contribution in [0.5, 0.6) is 0 Å². The number of hydrogen-bond donors (Lipinski definition) is 0. The van der Waals surface area contributed by atoms with E-state index in [1.807, 2.05) is 52.9 Å². The van der Waals surface area contributed by atoms with Gasteiger partial charge in [-0.15, -0.1) is 0 Å². The van der Waals surface area contributed by atoms with E-state index in [0.29, 0.717) is 12.2 Å². The van der Waals surface area contributed by atoms with Crippen molar-refractivity contribution >= 4 is 17.2 Å². The zero-order valence-corrected chi connectivity index (χ0v) is 10.2. The van der Waals surface area contributed by atoms with Crippen LogP contribution in [-0.4, -0.2) is 15.3 Å². The highest BCUT2D eigenvalue weighted by Gasteiger charge is 2.27. The summed E-state index contributed by atoms with van der Waals surface area (Å²) in [5.74, 6) is -0.00241. The molecule has 2 aromatic heterocycles. The fraction of sp³-hybridized carbons (Fsp3) is 0.0667. The topological polar surface area (TPSA) is 37.6 Å². The molecule has 0 spiro atoms. The van der Waals surface area contributed by atoms with Gasteiger partial charge in [0.1, 0.15) is 11.3 Å². The predicted octanol–water partition coefficient (Wildman–Crippen LogP) is 2.49. The van der Waals surface area contributed by atoms with Crippen molar-refractivity contribution < 1.29 is 4.79 Å². The third kappa shape index (κ3) is 1.40. The Bertz CT molecular complexity index is 776. The Labute approximate surface area is 109 Å². The normalized spacial score (nSPS) is 14.1. The lowest BCUT2D eigenvalue weighted by Gasteiger charge is -2.27. The van der Waals surface area contributed by atoms with E-state index in [4.69, 9.17) is 0 Å². The molecule has 92 valence electrons. The van der Waals surface area contributed by atoms with E-state index in [1.165, 1.54) is 0 Å². The molecule has 1 aliphatic heterocycles. The second-order valence-electron chi connectivity index (χ2n) is 4.58. The van der Waals surface area contributed by atoms with Crippen LogP contribution in [0, 0.1) is 0 Å². The number of carbonyl (C=O) groups excluding carboxylic acids is 1. The van der Waals surface area contributed by atoms with Gasteiger partial charge < -0.3 is 4.90 Å². The molecule has 0 N–H and O–H groups in total. The molecular formula is C15H11N3O. The fourth-order valence-electron chi connectivity index (χ4n) is 2.57. The highest BCUT2D eigenvalue weighted by Crippen LogP contribution is 2.25. The minimum absolute atomic E-state index is 0.00241. The van der Waals surface area contributed by atoms with Gasteiger partial charge in [-0.25, -0.2) is 4.98 Å². The van der Waals surface area contributed by atoms with Crippen molar-refractivity contribution in [1.82, 2.24) is 9.38 Å². The molecule has 0 aliphatic carbocycles. The first-order valence-electron chi connectivity index (χ1n) is 6.17. The number of rotatable bonds is 1. The number of aromatic nitrogens is 2. The maximum atomic E-state index is 12.5. The Hall–Kier alpha value is -2.62. The molecule has 1 amide bonds. The van der Waals surface area contributed by atoms with E-state index in [9.17, 15) is 4.79 Å². The van der Waals surface area contributed by atoms with Gasteiger partial charge >= 0.3 is 0 Å². The average molecular weight is 249 g/mol. The van der Waals surface area contributed by atoms with E-state index < -0.39 is 0 Å². The van der Waals surface area contributed by atoms with Crippen LogP contribution in [0.15, 0.2) is 54.7 Å². The molecule has 4 nitrogen and oxygen atoms in total. The molecule has 0 unspecified atom stereocenters. The summed E-state index contributed by atoms with van der Waals surface area (Å²) in [6.07, 6.45) is 1.65. The third-order valence-corrected chi connectivity index (χ3v) is 3.46. The first kappa shape index (κ1) is 10.3. The number of hydrogen-bond acceptors (Lipinski definition) is 2. The molecule has 1 aromatic carbocycles. The third-order valence-electron chi connectivity index (χ3n) is 3.46. The maximum Gasteiger partial charge on any atom is 0.277 e. The molecule has 0 atom stereocenters. The van der Waals surface area contributed by atoms with Crippen LogP contribution in [0.25, 0.3) is 5.65 Å². The van der Waals surface area contributed by atoms with Gasteiger partial charge in [0.25, 0.3) is 5.91 Å². The molecule has 3 heterocycles. The summed E-state index contributed by atoms with van der Waals surface area (Å²) in [6.45, 7) is 0.573. The number of amides is 1. The van der Waals surface area contributed by atoms with Crippen molar-refractivity contribution in [3.05, 3.63) is 66.1 Å².